The Balaban J connectivity index is 1.42. The number of hydrogen-bond donors (Lipinski definition) is 1. The van der Waals surface area contributed by atoms with Crippen LogP contribution in [0.2, 0.25) is 0 Å². The molecule has 2 aromatic carbocycles. The predicted octanol–water partition coefficient (Wildman–Crippen LogP) is 3.79. The number of benzene rings is 2. The van der Waals surface area contributed by atoms with E-state index in [9.17, 15) is 9.59 Å². The van der Waals surface area contributed by atoms with Crippen LogP contribution in [-0.2, 0) is 14.3 Å². The van der Waals surface area contributed by atoms with Crippen LogP contribution in [0.4, 0.5) is 5.69 Å². The Bertz CT molecular complexity index is 1130. The fraction of sp³-hybridized carbons (Fsp3) is 0.261. The summed E-state index contributed by atoms with van der Waals surface area (Å²) in [4.78, 5) is 28.1. The smallest absolute Gasteiger partial charge is 0.309 e. The predicted molar refractivity (Wildman–Crippen MR) is 114 cm³/mol. The van der Waals surface area contributed by atoms with E-state index in [1.165, 1.54) is 7.11 Å². The second-order valence-corrected chi connectivity index (χ2v) is 7.16. The van der Waals surface area contributed by atoms with Crippen LogP contribution in [0, 0.1) is 11.8 Å². The summed E-state index contributed by atoms with van der Waals surface area (Å²) >= 11 is 0. The number of rotatable bonds is 7. The van der Waals surface area contributed by atoms with Gasteiger partial charge in [-0.05, 0) is 42.8 Å². The lowest BCUT2D eigenvalue weighted by atomic mass is 10.2. The summed E-state index contributed by atoms with van der Waals surface area (Å²) in [5.74, 6) is 1.18. The molecule has 2 unspecified atom stereocenters. The van der Waals surface area contributed by atoms with Crippen molar-refractivity contribution in [2.75, 3.05) is 26.6 Å². The maximum absolute atomic E-state index is 12.2. The number of ether oxygens (including phenoxy) is 4. The second-order valence-electron chi connectivity index (χ2n) is 7.16. The van der Waals surface area contributed by atoms with E-state index >= 15 is 0 Å². The molecule has 31 heavy (non-hydrogen) atoms. The van der Waals surface area contributed by atoms with Crippen LogP contribution < -0.4 is 19.5 Å². The van der Waals surface area contributed by atoms with Crippen molar-refractivity contribution in [1.29, 1.82) is 0 Å². The zero-order valence-corrected chi connectivity index (χ0v) is 17.4. The van der Waals surface area contributed by atoms with E-state index in [2.05, 4.69) is 15.0 Å². The van der Waals surface area contributed by atoms with Crippen molar-refractivity contribution < 1.29 is 28.5 Å². The molecule has 0 spiro atoms. The number of methoxy groups -OCH3 is 3. The van der Waals surface area contributed by atoms with Gasteiger partial charge in [0.1, 0.15) is 11.5 Å². The molecule has 1 saturated carbocycles. The third-order valence-electron chi connectivity index (χ3n) is 5.15. The van der Waals surface area contributed by atoms with Crippen LogP contribution in [0.1, 0.15) is 6.42 Å². The van der Waals surface area contributed by atoms with Gasteiger partial charge in [-0.1, -0.05) is 0 Å². The number of carbonyl (C=O) groups is 2. The topological polar surface area (TPSA) is 96.0 Å². The molecule has 0 radical (unpaired) electrons. The molecule has 160 valence electrons. The average Bonchev–Trinajstić information content (AvgIpc) is 3.60. The molecule has 8 heteroatoms. The summed E-state index contributed by atoms with van der Waals surface area (Å²) in [5, 5.41) is 3.66. The Morgan fingerprint density at radius 2 is 1.65 bits per heavy atom. The summed E-state index contributed by atoms with van der Waals surface area (Å²) in [6.45, 7) is 0. The minimum absolute atomic E-state index is 0.188. The normalized spacial score (nSPS) is 17.0. The van der Waals surface area contributed by atoms with Gasteiger partial charge >= 0.3 is 5.97 Å². The van der Waals surface area contributed by atoms with E-state index < -0.39 is 0 Å². The molecule has 4 rings (SSSR count). The lowest BCUT2D eigenvalue weighted by molar-refractivity contribution is -0.143. The number of nitrogens with zero attached hydrogens (tertiary/aromatic N) is 1. The van der Waals surface area contributed by atoms with Crippen molar-refractivity contribution in [3.8, 4) is 23.0 Å². The number of aromatic nitrogens is 1. The number of pyridine rings is 1. The second kappa shape index (κ2) is 8.51. The monoisotopic (exact) mass is 422 g/mol. The summed E-state index contributed by atoms with van der Waals surface area (Å²) in [5.41, 5.74) is 1.38. The standard InChI is InChI=1S/C23H22N2O6/c1-28-20-9-13-8-16(12-24-19(13)11-21(20)29-2)31-15-6-4-14(5-7-15)25-22(26)17-10-18(17)23(27)30-3/h4-9,11-12,17-18H,10H2,1-3H3,(H,25,26). The fourth-order valence-corrected chi connectivity index (χ4v) is 3.36. The zero-order valence-electron chi connectivity index (χ0n) is 17.4. The van der Waals surface area contributed by atoms with E-state index in [1.54, 1.807) is 50.7 Å². The molecule has 0 bridgehead atoms. The van der Waals surface area contributed by atoms with Crippen molar-refractivity contribution in [3.63, 3.8) is 0 Å². The van der Waals surface area contributed by atoms with Gasteiger partial charge in [-0.25, -0.2) is 0 Å². The van der Waals surface area contributed by atoms with Gasteiger partial charge in [-0.15, -0.1) is 0 Å². The maximum atomic E-state index is 12.2. The van der Waals surface area contributed by atoms with Crippen LogP contribution in [0.5, 0.6) is 23.0 Å². The highest BCUT2D eigenvalue weighted by Gasteiger charge is 2.48. The van der Waals surface area contributed by atoms with Crippen molar-refractivity contribution in [3.05, 3.63) is 48.7 Å². The minimum atomic E-state index is -0.344. The molecule has 1 heterocycles. The van der Waals surface area contributed by atoms with E-state index in [-0.39, 0.29) is 23.7 Å². The molecule has 8 nitrogen and oxygen atoms in total. The molecule has 0 aliphatic heterocycles. The minimum Gasteiger partial charge on any atom is -0.493 e. The Kier molecular flexibility index (Phi) is 5.62. The number of esters is 1. The third kappa shape index (κ3) is 4.37. The number of carbonyl (C=O) groups excluding carboxylic acids is 2. The van der Waals surface area contributed by atoms with Gasteiger partial charge in [0.25, 0.3) is 0 Å². The van der Waals surface area contributed by atoms with E-state index in [0.717, 1.165) is 10.9 Å². The Labute approximate surface area is 179 Å². The summed E-state index contributed by atoms with van der Waals surface area (Å²) in [6.07, 6.45) is 2.15. The third-order valence-corrected chi connectivity index (χ3v) is 5.15. The van der Waals surface area contributed by atoms with Crippen LogP contribution >= 0.6 is 0 Å². The van der Waals surface area contributed by atoms with Crippen LogP contribution in [0.25, 0.3) is 10.9 Å². The molecule has 1 fully saturated rings. The largest absolute Gasteiger partial charge is 0.493 e. The summed E-state index contributed by atoms with van der Waals surface area (Å²) in [6, 6.07) is 12.5. The number of amides is 1. The molecule has 1 aromatic heterocycles. The van der Waals surface area contributed by atoms with Crippen LogP contribution in [0.15, 0.2) is 48.7 Å². The van der Waals surface area contributed by atoms with E-state index in [0.29, 0.717) is 35.1 Å². The van der Waals surface area contributed by atoms with Gasteiger partial charge in [0, 0.05) is 17.1 Å². The Morgan fingerprint density at radius 1 is 0.935 bits per heavy atom. The quantitative estimate of drug-likeness (QED) is 0.579. The van der Waals surface area contributed by atoms with Gasteiger partial charge in [0.2, 0.25) is 5.91 Å². The first-order chi connectivity index (χ1) is 15.0. The molecule has 0 saturated heterocycles. The van der Waals surface area contributed by atoms with Crippen molar-refractivity contribution in [2.45, 2.75) is 6.42 Å². The molecule has 1 amide bonds. The number of nitrogens with one attached hydrogen (secondary N) is 1. The van der Waals surface area contributed by atoms with Gasteiger partial charge in [-0.2, -0.15) is 0 Å². The molecular weight excluding hydrogens is 400 g/mol. The summed E-state index contributed by atoms with van der Waals surface area (Å²) in [7, 11) is 4.48. The van der Waals surface area contributed by atoms with E-state index in [1.807, 2.05) is 12.1 Å². The lowest BCUT2D eigenvalue weighted by Crippen LogP contribution is -2.17. The zero-order chi connectivity index (χ0) is 22.0. The Hall–Kier alpha value is -3.81. The van der Waals surface area contributed by atoms with Gasteiger partial charge in [0.05, 0.1) is 44.9 Å². The lowest BCUT2D eigenvalue weighted by Gasteiger charge is -2.11. The van der Waals surface area contributed by atoms with Crippen molar-refractivity contribution in [1.82, 2.24) is 4.98 Å². The summed E-state index contributed by atoms with van der Waals surface area (Å²) < 4.78 is 21.2. The van der Waals surface area contributed by atoms with Gasteiger partial charge in [-0.3, -0.25) is 14.6 Å². The Morgan fingerprint density at radius 3 is 2.32 bits per heavy atom. The van der Waals surface area contributed by atoms with Crippen molar-refractivity contribution in [2.24, 2.45) is 11.8 Å². The fourth-order valence-electron chi connectivity index (χ4n) is 3.36. The van der Waals surface area contributed by atoms with Gasteiger partial charge < -0.3 is 24.3 Å². The van der Waals surface area contributed by atoms with Crippen LogP contribution in [0.3, 0.4) is 0 Å². The van der Waals surface area contributed by atoms with Crippen molar-refractivity contribution >= 4 is 28.5 Å². The first-order valence-electron chi connectivity index (χ1n) is 9.70. The average molecular weight is 422 g/mol. The van der Waals surface area contributed by atoms with E-state index in [4.69, 9.17) is 14.2 Å². The molecule has 3 aromatic rings. The number of fused-ring (bicyclic) bond motifs is 1. The molecule has 1 aliphatic carbocycles. The molecular formula is C23H22N2O6. The van der Waals surface area contributed by atoms with Crippen LogP contribution in [-0.4, -0.2) is 38.2 Å². The first-order valence-corrected chi connectivity index (χ1v) is 9.70. The number of anilines is 1. The highest BCUT2D eigenvalue weighted by molar-refractivity contribution is 5.98. The molecule has 2 atom stereocenters. The maximum Gasteiger partial charge on any atom is 0.309 e. The molecule has 1 N–H and O–H groups in total. The first kappa shape index (κ1) is 20.5. The SMILES string of the molecule is COC(=O)C1CC1C(=O)Nc1ccc(Oc2cnc3cc(OC)c(OC)cc3c2)cc1. The number of hydrogen-bond acceptors (Lipinski definition) is 7. The highest BCUT2D eigenvalue weighted by Crippen LogP contribution is 2.40. The van der Waals surface area contributed by atoms with Gasteiger partial charge in [0.15, 0.2) is 11.5 Å². The molecule has 1 aliphatic rings. The highest BCUT2D eigenvalue weighted by atomic mass is 16.5.